The molecule has 0 amide bonds. The topological polar surface area (TPSA) is 69.6 Å². The third-order valence-electron chi connectivity index (χ3n) is 6.44. The van der Waals surface area contributed by atoms with Crippen LogP contribution in [0.3, 0.4) is 0 Å². The van der Waals surface area contributed by atoms with Gasteiger partial charge in [0.25, 0.3) is 8.53 Å². The molecule has 6 atom stereocenters. The van der Waals surface area contributed by atoms with Gasteiger partial charge in [0.05, 0.1) is 25.9 Å². The summed E-state index contributed by atoms with van der Waals surface area (Å²) in [5.41, 5.74) is 2.31. The van der Waals surface area contributed by atoms with Crippen molar-refractivity contribution in [2.75, 3.05) is 40.0 Å². The van der Waals surface area contributed by atoms with Crippen LogP contribution < -0.4 is 0 Å². The number of hydrogen-bond donors (Lipinski definition) is 1. The molecule has 8 heteroatoms. The van der Waals surface area contributed by atoms with Gasteiger partial charge in [-0.2, -0.15) is 0 Å². The minimum absolute atomic E-state index is 0.0398. The fourth-order valence-electron chi connectivity index (χ4n) is 4.57. The van der Waals surface area contributed by atoms with Crippen molar-refractivity contribution in [3.8, 4) is 0 Å². The maximum absolute atomic E-state index is 10.2. The first-order chi connectivity index (χ1) is 17.2. The Hall–Kier alpha value is -1.41. The molecular weight excluding hydrogens is 465 g/mol. The Morgan fingerprint density at radius 3 is 2.43 bits per heavy atom. The first kappa shape index (κ1) is 26.6. The van der Waals surface area contributed by atoms with Crippen LogP contribution in [-0.4, -0.2) is 74.2 Å². The second-order valence-electron chi connectivity index (χ2n) is 8.99. The molecule has 192 valence electrons. The molecule has 1 N–H and O–H groups in total. The van der Waals surface area contributed by atoms with Gasteiger partial charge in [-0.3, -0.25) is 0 Å². The van der Waals surface area contributed by atoms with Crippen molar-refractivity contribution in [2.45, 2.75) is 56.7 Å². The van der Waals surface area contributed by atoms with Crippen LogP contribution >= 0.6 is 8.53 Å². The highest BCUT2D eigenvalue weighted by Crippen LogP contribution is 2.56. The predicted octanol–water partition coefficient (Wildman–Crippen LogP) is 4.51. The van der Waals surface area contributed by atoms with Crippen molar-refractivity contribution in [1.82, 2.24) is 4.67 Å². The number of aliphatic hydroxyl groups excluding tert-OH is 1. The van der Waals surface area contributed by atoms with E-state index in [9.17, 15) is 5.11 Å². The third-order valence-corrected chi connectivity index (χ3v) is 8.13. The van der Waals surface area contributed by atoms with E-state index < -0.39 is 20.7 Å². The van der Waals surface area contributed by atoms with E-state index in [1.165, 1.54) is 0 Å². The smallest absolute Gasteiger partial charge is 0.259 e. The molecule has 0 aromatic heterocycles. The number of unbranched alkanes of at least 4 members (excludes halogenated alkanes) is 1. The molecule has 2 fully saturated rings. The van der Waals surface area contributed by atoms with Crippen LogP contribution in [0.5, 0.6) is 0 Å². The number of nitrogens with zero attached hydrogens (tertiary/aromatic N) is 1. The highest BCUT2D eigenvalue weighted by Gasteiger charge is 2.49. The summed E-state index contributed by atoms with van der Waals surface area (Å²) in [6, 6.07) is 20.5. The van der Waals surface area contributed by atoms with Crippen molar-refractivity contribution in [2.24, 2.45) is 0 Å². The number of benzene rings is 2. The largest absolute Gasteiger partial charge is 0.394 e. The SMILES string of the molecule is CCCCN1C[C@H](c2ccccc2)OP1OC1C(CO)OC(Cc2ccccc2)C1OCCOC. The number of rotatable bonds is 13. The molecule has 0 bridgehead atoms. The molecular formula is C27H38NO6P. The van der Waals surface area contributed by atoms with E-state index >= 15 is 0 Å². The van der Waals surface area contributed by atoms with Crippen molar-refractivity contribution in [3.05, 3.63) is 71.8 Å². The number of hydrogen-bond acceptors (Lipinski definition) is 7. The van der Waals surface area contributed by atoms with Gasteiger partial charge in [0.15, 0.2) is 0 Å². The van der Waals surface area contributed by atoms with Gasteiger partial charge >= 0.3 is 0 Å². The van der Waals surface area contributed by atoms with Crippen LogP contribution in [-0.2, 0) is 29.7 Å². The number of methoxy groups -OCH3 is 1. The van der Waals surface area contributed by atoms with Crippen LogP contribution in [0.2, 0.25) is 0 Å². The lowest BCUT2D eigenvalue weighted by atomic mass is 10.0. The van der Waals surface area contributed by atoms with Crippen LogP contribution in [0.15, 0.2) is 60.7 Å². The molecule has 0 saturated carbocycles. The van der Waals surface area contributed by atoms with Crippen LogP contribution in [0, 0.1) is 0 Å². The highest BCUT2D eigenvalue weighted by molar-refractivity contribution is 7.44. The lowest BCUT2D eigenvalue weighted by Gasteiger charge is -2.29. The molecule has 0 radical (unpaired) electrons. The Kier molecular flexibility index (Phi) is 10.5. The molecule has 2 saturated heterocycles. The summed E-state index contributed by atoms with van der Waals surface area (Å²) in [4.78, 5) is 0. The van der Waals surface area contributed by atoms with Crippen molar-refractivity contribution < 1.29 is 28.4 Å². The summed E-state index contributed by atoms with van der Waals surface area (Å²) in [7, 11) is 0.339. The van der Waals surface area contributed by atoms with Gasteiger partial charge < -0.3 is 28.4 Å². The van der Waals surface area contributed by atoms with Crippen LogP contribution in [0.1, 0.15) is 37.0 Å². The summed E-state index contributed by atoms with van der Waals surface area (Å²) >= 11 is 0. The van der Waals surface area contributed by atoms with Crippen molar-refractivity contribution >= 4 is 8.53 Å². The van der Waals surface area contributed by atoms with E-state index in [0.717, 1.165) is 37.1 Å². The summed E-state index contributed by atoms with van der Waals surface area (Å²) in [5, 5.41) is 10.2. The lowest BCUT2D eigenvalue weighted by Crippen LogP contribution is -2.39. The third kappa shape index (κ3) is 7.09. The van der Waals surface area contributed by atoms with Gasteiger partial charge in [-0.1, -0.05) is 74.0 Å². The zero-order valence-electron chi connectivity index (χ0n) is 20.7. The summed E-state index contributed by atoms with van der Waals surface area (Å²) in [6.45, 7) is 4.66. The first-order valence-electron chi connectivity index (χ1n) is 12.6. The van der Waals surface area contributed by atoms with Gasteiger partial charge in [-0.25, -0.2) is 4.67 Å². The highest BCUT2D eigenvalue weighted by atomic mass is 31.2. The molecule has 5 unspecified atom stereocenters. The van der Waals surface area contributed by atoms with E-state index in [1.807, 2.05) is 36.4 Å². The molecule has 0 aliphatic carbocycles. The Morgan fingerprint density at radius 1 is 1.00 bits per heavy atom. The molecule has 2 heterocycles. The maximum atomic E-state index is 10.2. The fourth-order valence-corrected chi connectivity index (χ4v) is 6.34. The van der Waals surface area contributed by atoms with Gasteiger partial charge in [0, 0.05) is 26.6 Å². The second kappa shape index (κ2) is 13.8. The van der Waals surface area contributed by atoms with E-state index in [1.54, 1.807) is 7.11 Å². The quantitative estimate of drug-likeness (QED) is 0.319. The molecule has 2 aliphatic heterocycles. The second-order valence-corrected chi connectivity index (χ2v) is 10.5. The normalized spacial score (nSPS) is 29.1. The standard InChI is InChI=1S/C27H38NO6P/c1-3-4-15-28-19-24(22-13-9-6-10-14-22)33-35(28)34-27-25(20-29)32-23(26(27)31-17-16-30-2)18-21-11-7-5-8-12-21/h5-14,23-27,29H,3-4,15-20H2,1-2H3/t23?,24-,25?,26?,27?,35?/m1/s1. The Balaban J connectivity index is 1.51. The summed E-state index contributed by atoms with van der Waals surface area (Å²) in [5.74, 6) is 0. The Bertz CT molecular complexity index is 859. The number of aliphatic hydroxyl groups is 1. The fraction of sp³-hybridized carbons (Fsp3) is 0.556. The van der Waals surface area contributed by atoms with E-state index in [-0.39, 0.29) is 24.9 Å². The van der Waals surface area contributed by atoms with Gasteiger partial charge in [0.2, 0.25) is 0 Å². The zero-order valence-corrected chi connectivity index (χ0v) is 21.6. The number of ether oxygens (including phenoxy) is 3. The molecule has 2 aromatic rings. The molecule has 2 aromatic carbocycles. The summed E-state index contributed by atoms with van der Waals surface area (Å²) < 4.78 is 33.2. The lowest BCUT2D eigenvalue weighted by molar-refractivity contribution is -0.0481. The van der Waals surface area contributed by atoms with Crippen molar-refractivity contribution in [3.63, 3.8) is 0 Å². The van der Waals surface area contributed by atoms with Crippen molar-refractivity contribution in [1.29, 1.82) is 0 Å². The monoisotopic (exact) mass is 503 g/mol. The first-order valence-corrected chi connectivity index (χ1v) is 13.7. The minimum Gasteiger partial charge on any atom is -0.394 e. The maximum Gasteiger partial charge on any atom is 0.259 e. The zero-order chi connectivity index (χ0) is 24.5. The Labute approximate surface area is 210 Å². The van der Waals surface area contributed by atoms with Gasteiger partial charge in [-0.05, 0) is 17.5 Å². The van der Waals surface area contributed by atoms with Gasteiger partial charge in [-0.15, -0.1) is 0 Å². The van der Waals surface area contributed by atoms with Crippen LogP contribution in [0.25, 0.3) is 0 Å². The molecule has 35 heavy (non-hydrogen) atoms. The van der Waals surface area contributed by atoms with Crippen LogP contribution in [0.4, 0.5) is 0 Å². The Morgan fingerprint density at radius 2 is 1.74 bits per heavy atom. The molecule has 2 aliphatic rings. The average molecular weight is 504 g/mol. The van der Waals surface area contributed by atoms with E-state index in [4.69, 9.17) is 23.3 Å². The molecule has 4 rings (SSSR count). The van der Waals surface area contributed by atoms with E-state index in [0.29, 0.717) is 19.6 Å². The van der Waals surface area contributed by atoms with Gasteiger partial charge in [0.1, 0.15) is 24.4 Å². The summed E-state index contributed by atoms with van der Waals surface area (Å²) in [6.07, 6.45) is 1.33. The molecule has 0 spiro atoms. The molecule has 7 nitrogen and oxygen atoms in total. The minimum atomic E-state index is -1.32. The van der Waals surface area contributed by atoms with E-state index in [2.05, 4.69) is 35.9 Å². The average Bonchev–Trinajstić information content (AvgIpc) is 3.45. The predicted molar refractivity (Wildman–Crippen MR) is 136 cm³/mol.